The summed E-state index contributed by atoms with van der Waals surface area (Å²) < 4.78 is 0. The summed E-state index contributed by atoms with van der Waals surface area (Å²) in [6, 6.07) is 95.1. The fraction of sp³-hybridized carbons (Fsp3) is 0.105. The first kappa shape index (κ1) is 44.6. The van der Waals surface area contributed by atoms with Gasteiger partial charge in [-0.2, -0.15) is 0 Å². The van der Waals surface area contributed by atoms with Crippen molar-refractivity contribution in [3.8, 4) is 55.6 Å². The molecule has 0 nitrogen and oxygen atoms in total. The standard InChI is InChI=1S/C76H56/c1-47-35-39-69-64(40-47)59-29-14-16-32-67(59)75(69,53-22-8-6-9-23-53)56-27-19-21-52(44-56)63-46-65-60-30-15-17-33-68(60)76(71(65)42-49(63)3,54-24-10-7-11-25-54)55-26-18-20-50(43-55)51-36-38-58-57-28-12-13-31-61(57)73-72(66(58)45-51)62-37-34-48(2)41-70(62)74(73,4)5/h6-46H,1-5H3. The quantitative estimate of drug-likeness (QED) is 0.146. The van der Waals surface area contributed by atoms with Crippen molar-refractivity contribution in [3.63, 3.8) is 0 Å². The molecule has 15 rings (SSSR count). The molecular formula is C76H56. The molecule has 0 saturated carbocycles. The lowest BCUT2D eigenvalue weighted by Crippen LogP contribution is -2.29. The number of fused-ring (bicyclic) bond motifs is 14. The molecular weight excluding hydrogens is 913 g/mol. The summed E-state index contributed by atoms with van der Waals surface area (Å²) in [5, 5.41) is 5.29. The third-order valence-corrected chi connectivity index (χ3v) is 18.0. The molecule has 0 saturated heterocycles. The molecule has 0 bridgehead atoms. The van der Waals surface area contributed by atoms with Crippen LogP contribution in [0.3, 0.4) is 0 Å². The van der Waals surface area contributed by atoms with Gasteiger partial charge < -0.3 is 0 Å². The Kier molecular flexibility index (Phi) is 9.59. The van der Waals surface area contributed by atoms with Crippen LogP contribution in [0, 0.1) is 20.8 Å². The molecule has 3 aliphatic carbocycles. The molecule has 0 heteroatoms. The first-order valence-electron chi connectivity index (χ1n) is 27.1. The van der Waals surface area contributed by atoms with E-state index >= 15 is 0 Å². The van der Waals surface area contributed by atoms with E-state index < -0.39 is 10.8 Å². The zero-order chi connectivity index (χ0) is 51.1. The summed E-state index contributed by atoms with van der Waals surface area (Å²) in [7, 11) is 0. The highest BCUT2D eigenvalue weighted by atomic mass is 14.5. The highest BCUT2D eigenvalue weighted by Gasteiger charge is 2.48. The van der Waals surface area contributed by atoms with Crippen molar-refractivity contribution in [2.24, 2.45) is 0 Å². The van der Waals surface area contributed by atoms with E-state index in [0.29, 0.717) is 0 Å². The number of benzene rings is 12. The van der Waals surface area contributed by atoms with Crippen LogP contribution in [0.15, 0.2) is 249 Å². The van der Waals surface area contributed by atoms with Gasteiger partial charge in [-0.3, -0.25) is 0 Å². The minimum absolute atomic E-state index is 0.134. The lowest BCUT2D eigenvalue weighted by molar-refractivity contribution is 0.666. The van der Waals surface area contributed by atoms with Crippen LogP contribution in [0.2, 0.25) is 0 Å². The van der Waals surface area contributed by atoms with E-state index in [1.165, 1.54) is 150 Å². The van der Waals surface area contributed by atoms with E-state index in [1.807, 2.05) is 0 Å². The molecule has 360 valence electrons. The smallest absolute Gasteiger partial charge is 0.0622 e. The minimum Gasteiger partial charge on any atom is -0.0622 e. The van der Waals surface area contributed by atoms with Gasteiger partial charge in [0.15, 0.2) is 0 Å². The van der Waals surface area contributed by atoms with Gasteiger partial charge in [-0.25, -0.2) is 0 Å². The maximum Gasteiger partial charge on any atom is 0.0713 e. The van der Waals surface area contributed by atoms with Gasteiger partial charge in [-0.1, -0.05) is 249 Å². The molecule has 2 unspecified atom stereocenters. The molecule has 0 spiro atoms. The summed E-state index contributed by atoms with van der Waals surface area (Å²) in [4.78, 5) is 0. The largest absolute Gasteiger partial charge is 0.0713 e. The maximum atomic E-state index is 2.53. The molecule has 0 N–H and O–H groups in total. The van der Waals surface area contributed by atoms with Gasteiger partial charge in [0.2, 0.25) is 0 Å². The zero-order valence-electron chi connectivity index (χ0n) is 43.7. The third-order valence-electron chi connectivity index (χ3n) is 18.0. The van der Waals surface area contributed by atoms with E-state index in [1.54, 1.807) is 0 Å². The van der Waals surface area contributed by atoms with Crippen molar-refractivity contribution < 1.29 is 0 Å². The Morgan fingerprint density at radius 3 is 1.47 bits per heavy atom. The molecule has 0 radical (unpaired) electrons. The van der Waals surface area contributed by atoms with Crippen molar-refractivity contribution in [1.29, 1.82) is 0 Å². The molecule has 2 atom stereocenters. The predicted molar refractivity (Wildman–Crippen MR) is 319 cm³/mol. The van der Waals surface area contributed by atoms with Crippen molar-refractivity contribution >= 4 is 21.5 Å². The molecule has 0 aromatic heterocycles. The van der Waals surface area contributed by atoms with Gasteiger partial charge >= 0.3 is 0 Å². The molecule has 12 aromatic carbocycles. The fourth-order valence-electron chi connectivity index (χ4n) is 14.8. The van der Waals surface area contributed by atoms with Crippen LogP contribution < -0.4 is 0 Å². The average Bonchev–Trinajstić information content (AvgIpc) is 4.14. The highest BCUT2D eigenvalue weighted by Crippen LogP contribution is 2.60. The summed E-state index contributed by atoms with van der Waals surface area (Å²) in [5.74, 6) is 0. The van der Waals surface area contributed by atoms with Crippen molar-refractivity contribution in [3.05, 3.63) is 321 Å². The Morgan fingerprint density at radius 1 is 0.263 bits per heavy atom. The normalized spacial score (nSPS) is 17.2. The number of aryl methyl sites for hydroxylation is 3. The van der Waals surface area contributed by atoms with Crippen LogP contribution in [0.1, 0.15) is 86.2 Å². The van der Waals surface area contributed by atoms with Gasteiger partial charge in [0.25, 0.3) is 0 Å². The van der Waals surface area contributed by atoms with Crippen molar-refractivity contribution in [2.45, 2.75) is 50.9 Å². The molecule has 76 heavy (non-hydrogen) atoms. The van der Waals surface area contributed by atoms with Gasteiger partial charge in [0, 0.05) is 5.41 Å². The van der Waals surface area contributed by atoms with Gasteiger partial charge in [-0.15, -0.1) is 0 Å². The Morgan fingerprint density at radius 2 is 0.776 bits per heavy atom. The van der Waals surface area contributed by atoms with E-state index in [-0.39, 0.29) is 5.41 Å². The molecule has 3 aliphatic rings. The van der Waals surface area contributed by atoms with Gasteiger partial charge in [-0.05, 0) is 183 Å². The predicted octanol–water partition coefficient (Wildman–Crippen LogP) is 19.3. The number of hydrogen-bond acceptors (Lipinski definition) is 0. The number of rotatable bonds is 6. The third kappa shape index (κ3) is 6.02. The molecule has 0 fully saturated rings. The average molecular weight is 969 g/mol. The monoisotopic (exact) mass is 968 g/mol. The lowest BCUT2D eigenvalue weighted by atomic mass is 9.66. The van der Waals surface area contributed by atoms with Crippen LogP contribution in [-0.4, -0.2) is 0 Å². The SMILES string of the molecule is Cc1ccc2c(c1)-c1ccccc1C2(c1ccccc1)c1cccc(-c2cc3c(cc2C)C(c2ccccc2)(c2cccc(-c4ccc5c(c4)c4c(c6ccccc65)C(C)(C)c5cc(C)ccc5-4)c2)c2ccccc2-3)c1. The van der Waals surface area contributed by atoms with E-state index in [0.717, 1.165) is 0 Å². The maximum absolute atomic E-state index is 2.53. The first-order chi connectivity index (χ1) is 37.2. The van der Waals surface area contributed by atoms with E-state index in [9.17, 15) is 0 Å². The second-order valence-electron chi connectivity index (χ2n) is 22.5. The van der Waals surface area contributed by atoms with Gasteiger partial charge in [0.1, 0.15) is 0 Å². The Hall–Kier alpha value is -8.84. The van der Waals surface area contributed by atoms with Crippen LogP contribution in [0.5, 0.6) is 0 Å². The van der Waals surface area contributed by atoms with Crippen LogP contribution in [0.4, 0.5) is 0 Å². The van der Waals surface area contributed by atoms with Crippen LogP contribution >= 0.6 is 0 Å². The lowest BCUT2D eigenvalue weighted by Gasteiger charge is -2.35. The molecule has 0 amide bonds. The second-order valence-corrected chi connectivity index (χ2v) is 22.5. The van der Waals surface area contributed by atoms with Crippen LogP contribution in [0.25, 0.3) is 77.2 Å². The summed E-state index contributed by atoms with van der Waals surface area (Å²) in [5.41, 5.74) is 28.7. The van der Waals surface area contributed by atoms with Crippen molar-refractivity contribution in [1.82, 2.24) is 0 Å². The highest BCUT2D eigenvalue weighted by molar-refractivity contribution is 6.19. The molecule has 0 heterocycles. The van der Waals surface area contributed by atoms with Gasteiger partial charge in [0.05, 0.1) is 10.8 Å². The van der Waals surface area contributed by atoms with E-state index in [2.05, 4.69) is 283 Å². The van der Waals surface area contributed by atoms with E-state index in [4.69, 9.17) is 0 Å². The first-order valence-corrected chi connectivity index (χ1v) is 27.1. The molecule has 0 aliphatic heterocycles. The zero-order valence-corrected chi connectivity index (χ0v) is 43.7. The fourth-order valence-corrected chi connectivity index (χ4v) is 14.8. The summed E-state index contributed by atoms with van der Waals surface area (Å²) in [6.07, 6.45) is 0. The summed E-state index contributed by atoms with van der Waals surface area (Å²) in [6.45, 7) is 11.6. The Balaban J connectivity index is 0.924. The van der Waals surface area contributed by atoms with Crippen molar-refractivity contribution in [2.75, 3.05) is 0 Å². The second kappa shape index (κ2) is 16.3. The Labute approximate surface area is 446 Å². The topological polar surface area (TPSA) is 0 Å². The van der Waals surface area contributed by atoms with Crippen LogP contribution in [-0.2, 0) is 16.2 Å². The minimum atomic E-state index is -0.573. The molecule has 12 aromatic rings. The number of hydrogen-bond donors (Lipinski definition) is 0. The Bertz CT molecular complexity index is 4400. The summed E-state index contributed by atoms with van der Waals surface area (Å²) >= 11 is 0.